The van der Waals surface area contributed by atoms with Crippen LogP contribution in [0.2, 0.25) is 0 Å². The fourth-order valence-electron chi connectivity index (χ4n) is 2.99. The molecular weight excluding hydrogens is 385 g/mol. The van der Waals surface area contributed by atoms with Crippen molar-refractivity contribution in [2.75, 3.05) is 20.5 Å². The Kier molecular flexibility index (Phi) is 7.43. The van der Waals surface area contributed by atoms with Crippen molar-refractivity contribution in [1.82, 2.24) is 0 Å². The third kappa shape index (κ3) is 5.34. The Labute approximate surface area is 170 Å². The third-order valence-electron chi connectivity index (χ3n) is 5.22. The van der Waals surface area contributed by atoms with Crippen LogP contribution in [-0.2, 0) is 41.3 Å². The lowest BCUT2D eigenvalue weighted by atomic mass is 9.72. The van der Waals surface area contributed by atoms with Crippen molar-refractivity contribution >= 4 is 18.6 Å². The van der Waals surface area contributed by atoms with Crippen LogP contribution in [0.5, 0.6) is 0 Å². The molecule has 162 valence electrons. The van der Waals surface area contributed by atoms with E-state index < -0.39 is 36.6 Å². The number of carbonyl (C=O) groups is 1. The highest BCUT2D eigenvalue weighted by Crippen LogP contribution is 2.37. The zero-order chi connectivity index (χ0) is 21.9. The van der Waals surface area contributed by atoms with Gasteiger partial charge in [-0.15, -0.1) is 0 Å². The number of benzene rings is 1. The van der Waals surface area contributed by atoms with Crippen LogP contribution < -0.4 is 5.46 Å². The van der Waals surface area contributed by atoms with Gasteiger partial charge in [-0.1, -0.05) is 18.2 Å². The molecule has 0 atom stereocenters. The van der Waals surface area contributed by atoms with Crippen molar-refractivity contribution in [3.8, 4) is 0 Å². The van der Waals surface area contributed by atoms with Crippen molar-refractivity contribution in [2.24, 2.45) is 0 Å². The van der Waals surface area contributed by atoms with Crippen molar-refractivity contribution in [3.63, 3.8) is 0 Å². The Balaban J connectivity index is 2.43. The van der Waals surface area contributed by atoms with Crippen LogP contribution in [0, 0.1) is 0 Å². The molecule has 0 aliphatic carbocycles. The molecule has 0 radical (unpaired) electrons. The van der Waals surface area contributed by atoms with E-state index in [9.17, 15) is 13.6 Å². The van der Waals surface area contributed by atoms with Gasteiger partial charge < -0.3 is 23.5 Å². The monoisotopic (exact) mass is 414 g/mol. The highest BCUT2D eigenvalue weighted by Gasteiger charge is 2.53. The maximum Gasteiger partial charge on any atom is 0.495 e. The molecule has 0 saturated carbocycles. The number of hydrogen-bond donors (Lipinski definition) is 0. The number of esters is 1. The number of ether oxygens (including phenoxy) is 3. The minimum atomic E-state index is -3.68. The van der Waals surface area contributed by atoms with Crippen LogP contribution >= 0.6 is 0 Å². The van der Waals surface area contributed by atoms with Gasteiger partial charge in [0.1, 0.15) is 6.79 Å². The van der Waals surface area contributed by atoms with E-state index in [4.69, 9.17) is 18.8 Å². The minimum Gasteiger partial charge on any atom is -0.462 e. The van der Waals surface area contributed by atoms with Gasteiger partial charge in [0, 0.05) is 13.5 Å². The maximum atomic E-state index is 14.5. The van der Waals surface area contributed by atoms with E-state index in [1.165, 1.54) is 20.1 Å². The summed E-state index contributed by atoms with van der Waals surface area (Å²) in [6.45, 7) is 9.04. The fourth-order valence-corrected chi connectivity index (χ4v) is 2.99. The predicted molar refractivity (Wildman–Crippen MR) is 104 cm³/mol. The van der Waals surface area contributed by atoms with Gasteiger partial charge in [0.05, 0.1) is 24.4 Å². The number of methoxy groups -OCH3 is 1. The summed E-state index contributed by atoms with van der Waals surface area (Å²) >= 11 is 0. The largest absolute Gasteiger partial charge is 0.495 e. The maximum absolute atomic E-state index is 14.5. The van der Waals surface area contributed by atoms with Gasteiger partial charge in [0.2, 0.25) is 0 Å². The van der Waals surface area contributed by atoms with Crippen LogP contribution in [0.15, 0.2) is 18.2 Å². The number of carbonyl (C=O) groups excluding carboxylic acids is 1. The normalized spacial score (nSPS) is 18.1. The molecule has 0 bridgehead atoms. The van der Waals surface area contributed by atoms with Gasteiger partial charge in [-0.3, -0.25) is 0 Å². The summed E-state index contributed by atoms with van der Waals surface area (Å²) in [5.41, 5.74) is -0.0120. The molecule has 2 rings (SSSR count). The predicted octanol–water partition coefficient (Wildman–Crippen LogP) is 2.85. The Bertz CT molecular complexity index is 707. The third-order valence-corrected chi connectivity index (χ3v) is 5.22. The molecule has 9 heteroatoms. The van der Waals surface area contributed by atoms with Crippen molar-refractivity contribution in [1.29, 1.82) is 0 Å². The highest BCUT2D eigenvalue weighted by molar-refractivity contribution is 6.63. The van der Waals surface area contributed by atoms with E-state index in [1.807, 2.05) is 27.7 Å². The quantitative estimate of drug-likeness (QED) is 0.268. The lowest BCUT2D eigenvalue weighted by molar-refractivity contribution is -0.171. The molecule has 0 amide bonds. The van der Waals surface area contributed by atoms with Crippen molar-refractivity contribution in [3.05, 3.63) is 29.3 Å². The zero-order valence-corrected chi connectivity index (χ0v) is 17.8. The molecule has 0 spiro atoms. The van der Waals surface area contributed by atoms with Gasteiger partial charge in [-0.25, -0.2) is 4.79 Å². The van der Waals surface area contributed by atoms with Gasteiger partial charge >= 0.3 is 19.0 Å². The first-order valence-corrected chi connectivity index (χ1v) is 9.53. The second-order valence-electron chi connectivity index (χ2n) is 7.93. The smallest absolute Gasteiger partial charge is 0.462 e. The Morgan fingerprint density at radius 3 is 2.28 bits per heavy atom. The molecule has 1 aliphatic heterocycles. The second kappa shape index (κ2) is 9.08. The summed E-state index contributed by atoms with van der Waals surface area (Å²) in [5.74, 6) is -5.23. The number of alkyl halides is 2. The highest BCUT2D eigenvalue weighted by atomic mass is 19.3. The SMILES string of the molecule is CCOC(=O)C(F)(F)Cc1cccc(COCOC)c1B1OC(C)(C)C(C)(C)O1. The Morgan fingerprint density at radius 2 is 1.72 bits per heavy atom. The number of rotatable bonds is 9. The van der Waals surface area contributed by atoms with Gasteiger partial charge in [-0.05, 0) is 51.2 Å². The van der Waals surface area contributed by atoms with E-state index in [0.29, 0.717) is 11.0 Å². The molecule has 1 heterocycles. The molecule has 1 fully saturated rings. The van der Waals surface area contributed by atoms with E-state index in [0.717, 1.165) is 0 Å². The molecule has 6 nitrogen and oxygen atoms in total. The molecular formula is C20H29BF2O6. The summed E-state index contributed by atoms with van der Waals surface area (Å²) in [6.07, 6.45) is -0.830. The van der Waals surface area contributed by atoms with Crippen LogP contribution in [0.3, 0.4) is 0 Å². The first-order chi connectivity index (χ1) is 13.4. The summed E-state index contributed by atoms with van der Waals surface area (Å²) in [5, 5.41) is 0. The van der Waals surface area contributed by atoms with Crippen molar-refractivity contribution in [2.45, 2.75) is 64.8 Å². The van der Waals surface area contributed by atoms with E-state index in [1.54, 1.807) is 12.1 Å². The molecule has 0 N–H and O–H groups in total. The van der Waals surface area contributed by atoms with E-state index in [-0.39, 0.29) is 25.6 Å². The molecule has 0 aromatic heterocycles. The molecule has 0 unspecified atom stereocenters. The average molecular weight is 414 g/mol. The summed E-state index contributed by atoms with van der Waals surface area (Å²) in [4.78, 5) is 11.7. The number of hydrogen-bond acceptors (Lipinski definition) is 6. The second-order valence-corrected chi connectivity index (χ2v) is 7.93. The number of halogens is 2. The van der Waals surface area contributed by atoms with Crippen LogP contribution in [0.25, 0.3) is 0 Å². The average Bonchev–Trinajstić information content (AvgIpc) is 2.82. The molecule has 1 aromatic rings. The molecule has 29 heavy (non-hydrogen) atoms. The van der Waals surface area contributed by atoms with E-state index >= 15 is 0 Å². The first-order valence-electron chi connectivity index (χ1n) is 9.53. The van der Waals surface area contributed by atoms with Crippen LogP contribution in [-0.4, -0.2) is 50.7 Å². The molecule has 1 saturated heterocycles. The summed E-state index contributed by atoms with van der Waals surface area (Å²) < 4.78 is 56.0. The fraction of sp³-hybridized carbons (Fsp3) is 0.650. The Hall–Kier alpha value is -1.55. The van der Waals surface area contributed by atoms with Crippen LogP contribution in [0.1, 0.15) is 45.7 Å². The van der Waals surface area contributed by atoms with E-state index in [2.05, 4.69) is 4.74 Å². The molecule has 1 aliphatic rings. The lowest BCUT2D eigenvalue weighted by Gasteiger charge is -2.32. The standard InChI is InChI=1S/C20H29BF2O6/c1-7-27-17(24)20(22,23)11-14-9-8-10-15(12-26-13-25-6)16(14)21-28-18(2,3)19(4,5)29-21/h8-10H,7,11-13H2,1-6H3. The van der Waals surface area contributed by atoms with Gasteiger partial charge in [0.15, 0.2) is 0 Å². The van der Waals surface area contributed by atoms with Crippen LogP contribution in [0.4, 0.5) is 8.78 Å². The van der Waals surface area contributed by atoms with Gasteiger partial charge in [-0.2, -0.15) is 8.78 Å². The summed E-state index contributed by atoms with van der Waals surface area (Å²) in [7, 11) is 0.612. The van der Waals surface area contributed by atoms with Crippen molar-refractivity contribution < 1.29 is 37.1 Å². The zero-order valence-electron chi connectivity index (χ0n) is 17.8. The topological polar surface area (TPSA) is 63.2 Å². The van der Waals surface area contributed by atoms with Gasteiger partial charge in [0.25, 0.3) is 0 Å². The minimum absolute atomic E-state index is 0.0476. The first kappa shape index (κ1) is 23.7. The molecule has 1 aromatic carbocycles. The summed E-state index contributed by atoms with van der Waals surface area (Å²) in [6, 6.07) is 4.92. The lowest BCUT2D eigenvalue weighted by Crippen LogP contribution is -2.42. The Morgan fingerprint density at radius 1 is 1.14 bits per heavy atom.